The number of rotatable bonds is 3. The van der Waals surface area contributed by atoms with Crippen LogP contribution in [-0.2, 0) is 6.54 Å². The second kappa shape index (κ2) is 6.55. The van der Waals surface area contributed by atoms with Crippen LogP contribution in [0.1, 0.15) is 39.7 Å². The van der Waals surface area contributed by atoms with E-state index in [9.17, 15) is 5.11 Å². The fourth-order valence-corrected chi connectivity index (χ4v) is 2.83. The van der Waals surface area contributed by atoms with E-state index in [1.165, 1.54) is 11.3 Å². The predicted molar refractivity (Wildman–Crippen MR) is 90.0 cm³/mol. The highest BCUT2D eigenvalue weighted by Crippen LogP contribution is 2.29. The molecule has 0 radical (unpaired) electrons. The number of nitrogens with one attached hydrogen (secondary N) is 1. The van der Waals surface area contributed by atoms with E-state index in [2.05, 4.69) is 44.0 Å². The summed E-state index contributed by atoms with van der Waals surface area (Å²) in [6, 6.07) is 6.03. The number of aliphatic hydroxyl groups is 1. The molecule has 4 heteroatoms. The second-order valence-corrected chi connectivity index (χ2v) is 7.59. The zero-order valence-electron chi connectivity index (χ0n) is 13.5. The Bertz CT molecular complexity index is 484. The summed E-state index contributed by atoms with van der Waals surface area (Å²) in [6.45, 7) is 11.1. The highest BCUT2D eigenvalue weighted by Gasteiger charge is 2.25. The van der Waals surface area contributed by atoms with Crippen molar-refractivity contribution in [2.75, 3.05) is 18.0 Å². The molecule has 2 unspecified atom stereocenters. The van der Waals surface area contributed by atoms with Crippen LogP contribution in [0.25, 0.3) is 0 Å². The van der Waals surface area contributed by atoms with Crippen molar-refractivity contribution in [3.05, 3.63) is 28.8 Å². The van der Waals surface area contributed by atoms with Crippen molar-refractivity contribution in [1.29, 1.82) is 0 Å². The normalized spacial score (nSPS) is 23.4. The minimum absolute atomic E-state index is 0.0650. The quantitative estimate of drug-likeness (QED) is 0.898. The minimum Gasteiger partial charge on any atom is -0.391 e. The first-order valence-electron chi connectivity index (χ1n) is 7.73. The molecule has 0 spiro atoms. The molecular weight excluding hydrogens is 284 g/mol. The molecule has 1 aliphatic rings. The van der Waals surface area contributed by atoms with E-state index in [4.69, 9.17) is 11.6 Å². The molecule has 0 amide bonds. The summed E-state index contributed by atoms with van der Waals surface area (Å²) in [5, 5.41) is 14.4. The van der Waals surface area contributed by atoms with Gasteiger partial charge in [-0.1, -0.05) is 18.5 Å². The molecule has 21 heavy (non-hydrogen) atoms. The molecule has 3 nitrogen and oxygen atoms in total. The summed E-state index contributed by atoms with van der Waals surface area (Å²) in [5.41, 5.74) is 2.44. The number of anilines is 1. The van der Waals surface area contributed by atoms with Gasteiger partial charge in [-0.15, -0.1) is 0 Å². The average Bonchev–Trinajstić information content (AvgIpc) is 2.39. The molecule has 0 bridgehead atoms. The largest absolute Gasteiger partial charge is 0.391 e. The standard InChI is InChI=1S/C17H27ClN2O/c1-12-7-8-20(11-16(12)21)15-6-5-14(18)9-13(15)10-19-17(2,3)4/h5-6,9,12,16,19,21H,7-8,10-11H2,1-4H3. The van der Waals surface area contributed by atoms with Crippen LogP contribution >= 0.6 is 11.6 Å². The van der Waals surface area contributed by atoms with Gasteiger partial charge >= 0.3 is 0 Å². The average molecular weight is 311 g/mol. The van der Waals surface area contributed by atoms with Crippen LogP contribution in [0.5, 0.6) is 0 Å². The first-order valence-corrected chi connectivity index (χ1v) is 8.10. The Hall–Kier alpha value is -0.770. The maximum Gasteiger partial charge on any atom is 0.0741 e. The van der Waals surface area contributed by atoms with Gasteiger partial charge in [0.15, 0.2) is 0 Å². The molecule has 1 aromatic carbocycles. The Morgan fingerprint density at radius 1 is 1.38 bits per heavy atom. The van der Waals surface area contributed by atoms with Gasteiger partial charge in [0.25, 0.3) is 0 Å². The number of hydrogen-bond donors (Lipinski definition) is 2. The fourth-order valence-electron chi connectivity index (χ4n) is 2.63. The molecular formula is C17H27ClN2O. The molecule has 1 aromatic rings. The van der Waals surface area contributed by atoms with E-state index in [0.29, 0.717) is 12.5 Å². The first kappa shape index (κ1) is 16.6. The van der Waals surface area contributed by atoms with Crippen molar-refractivity contribution in [3.63, 3.8) is 0 Å². The van der Waals surface area contributed by atoms with Gasteiger partial charge in [-0.2, -0.15) is 0 Å². The van der Waals surface area contributed by atoms with Crippen LogP contribution in [0.15, 0.2) is 18.2 Å². The number of aliphatic hydroxyl groups excluding tert-OH is 1. The lowest BCUT2D eigenvalue weighted by atomic mass is 9.95. The zero-order valence-corrected chi connectivity index (χ0v) is 14.2. The van der Waals surface area contributed by atoms with Crippen molar-refractivity contribution >= 4 is 17.3 Å². The van der Waals surface area contributed by atoms with E-state index in [0.717, 1.165) is 24.5 Å². The summed E-state index contributed by atoms with van der Waals surface area (Å²) in [7, 11) is 0. The summed E-state index contributed by atoms with van der Waals surface area (Å²) >= 11 is 6.16. The lowest BCUT2D eigenvalue weighted by Gasteiger charge is -2.37. The highest BCUT2D eigenvalue weighted by molar-refractivity contribution is 6.30. The number of benzene rings is 1. The van der Waals surface area contributed by atoms with Crippen LogP contribution in [0.2, 0.25) is 5.02 Å². The monoisotopic (exact) mass is 310 g/mol. The smallest absolute Gasteiger partial charge is 0.0741 e. The van der Waals surface area contributed by atoms with Gasteiger partial charge in [0.05, 0.1) is 6.10 Å². The third-order valence-electron chi connectivity index (χ3n) is 4.11. The second-order valence-electron chi connectivity index (χ2n) is 7.16. The Balaban J connectivity index is 2.18. The first-order chi connectivity index (χ1) is 9.76. The van der Waals surface area contributed by atoms with E-state index in [1.807, 2.05) is 12.1 Å². The number of piperidine rings is 1. The van der Waals surface area contributed by atoms with Gasteiger partial charge in [-0.3, -0.25) is 0 Å². The molecule has 118 valence electrons. The van der Waals surface area contributed by atoms with Crippen molar-refractivity contribution < 1.29 is 5.11 Å². The minimum atomic E-state index is -0.252. The molecule has 2 atom stereocenters. The van der Waals surface area contributed by atoms with Crippen LogP contribution < -0.4 is 10.2 Å². The van der Waals surface area contributed by atoms with Crippen molar-refractivity contribution in [2.45, 2.75) is 52.3 Å². The summed E-state index contributed by atoms with van der Waals surface area (Å²) in [4.78, 5) is 2.28. The maximum atomic E-state index is 10.1. The van der Waals surface area contributed by atoms with E-state index in [-0.39, 0.29) is 11.6 Å². The molecule has 2 rings (SSSR count). The summed E-state index contributed by atoms with van der Waals surface area (Å²) in [6.07, 6.45) is 0.772. The van der Waals surface area contributed by atoms with Gasteiger partial charge in [-0.25, -0.2) is 0 Å². The highest BCUT2D eigenvalue weighted by atomic mass is 35.5. The number of hydrogen-bond acceptors (Lipinski definition) is 3. The van der Waals surface area contributed by atoms with Crippen molar-refractivity contribution in [2.24, 2.45) is 5.92 Å². The van der Waals surface area contributed by atoms with Crippen molar-refractivity contribution in [3.8, 4) is 0 Å². The lowest BCUT2D eigenvalue weighted by molar-refractivity contribution is 0.103. The SMILES string of the molecule is CC1CCN(c2ccc(Cl)cc2CNC(C)(C)C)CC1O. The lowest BCUT2D eigenvalue weighted by Crippen LogP contribution is -2.43. The van der Waals surface area contributed by atoms with E-state index < -0.39 is 0 Å². The Morgan fingerprint density at radius 3 is 2.71 bits per heavy atom. The third kappa shape index (κ3) is 4.60. The van der Waals surface area contributed by atoms with Gasteiger partial charge in [0.2, 0.25) is 0 Å². The van der Waals surface area contributed by atoms with Crippen molar-refractivity contribution in [1.82, 2.24) is 5.32 Å². The predicted octanol–water partition coefficient (Wildman–Crippen LogP) is 3.44. The van der Waals surface area contributed by atoms with Gasteiger partial charge in [0.1, 0.15) is 0 Å². The number of nitrogens with zero attached hydrogens (tertiary/aromatic N) is 1. The van der Waals surface area contributed by atoms with Gasteiger partial charge in [-0.05, 0) is 56.9 Å². The summed E-state index contributed by atoms with van der Waals surface area (Å²) in [5.74, 6) is 0.379. The number of β-amino-alcohol motifs (C(OH)–C–C–N with tert-alkyl or cyclic N) is 1. The summed E-state index contributed by atoms with van der Waals surface area (Å²) < 4.78 is 0. The van der Waals surface area contributed by atoms with Crippen LogP contribution in [-0.4, -0.2) is 29.8 Å². The van der Waals surface area contributed by atoms with Gasteiger partial charge < -0.3 is 15.3 Å². The van der Waals surface area contributed by atoms with Crippen LogP contribution in [0, 0.1) is 5.92 Å². The van der Waals surface area contributed by atoms with E-state index >= 15 is 0 Å². The molecule has 1 aliphatic heterocycles. The van der Waals surface area contributed by atoms with E-state index in [1.54, 1.807) is 0 Å². The molecule has 0 saturated carbocycles. The third-order valence-corrected chi connectivity index (χ3v) is 4.35. The topological polar surface area (TPSA) is 35.5 Å². The Labute approximate surface area is 133 Å². The molecule has 2 N–H and O–H groups in total. The molecule has 1 saturated heterocycles. The zero-order chi connectivity index (χ0) is 15.6. The molecule has 0 aliphatic carbocycles. The Morgan fingerprint density at radius 2 is 2.10 bits per heavy atom. The number of halogens is 1. The van der Waals surface area contributed by atoms with Crippen LogP contribution in [0.3, 0.4) is 0 Å². The van der Waals surface area contributed by atoms with Gasteiger partial charge in [0, 0.05) is 35.9 Å². The molecule has 0 aromatic heterocycles. The molecule has 1 fully saturated rings. The Kier molecular flexibility index (Phi) is 5.18. The fraction of sp³-hybridized carbons (Fsp3) is 0.647. The molecule has 1 heterocycles. The maximum absolute atomic E-state index is 10.1. The van der Waals surface area contributed by atoms with Crippen LogP contribution in [0.4, 0.5) is 5.69 Å².